The molecule has 0 aromatic heterocycles. The van der Waals surface area contributed by atoms with Crippen LogP contribution < -0.4 is 0 Å². The number of allylic oxidation sites excluding steroid dienone is 2. The SMILES string of the molecule is CC(C)(C)C1=CC(=Nc2ccccc2)C(O)(C(F)(F)F)C(C(C)(C)C)=C1. The fourth-order valence-corrected chi connectivity index (χ4v) is 2.94. The van der Waals surface area contributed by atoms with Crippen LogP contribution >= 0.6 is 0 Å². The number of aliphatic hydroxyl groups is 1. The maximum atomic E-state index is 14.1. The van der Waals surface area contributed by atoms with Crippen molar-refractivity contribution in [3.05, 3.63) is 53.6 Å². The highest BCUT2D eigenvalue weighted by atomic mass is 19.4. The highest BCUT2D eigenvalue weighted by molar-refractivity contribution is 6.08. The van der Waals surface area contributed by atoms with Gasteiger partial charge >= 0.3 is 6.18 Å². The number of hydrogen-bond donors (Lipinski definition) is 1. The van der Waals surface area contributed by atoms with Crippen LogP contribution in [0.25, 0.3) is 0 Å². The molecule has 0 aliphatic heterocycles. The zero-order valence-electron chi connectivity index (χ0n) is 16.1. The van der Waals surface area contributed by atoms with Crippen LogP contribution in [0.4, 0.5) is 18.9 Å². The summed E-state index contributed by atoms with van der Waals surface area (Å²) in [6.07, 6.45) is -2.03. The Morgan fingerprint density at radius 3 is 1.81 bits per heavy atom. The van der Waals surface area contributed by atoms with Crippen molar-refractivity contribution in [2.24, 2.45) is 15.8 Å². The van der Waals surface area contributed by atoms with Gasteiger partial charge in [0.1, 0.15) is 0 Å². The Labute approximate surface area is 153 Å². The molecule has 0 fully saturated rings. The maximum absolute atomic E-state index is 14.1. The number of para-hydroxylation sites is 1. The van der Waals surface area contributed by atoms with E-state index in [0.717, 1.165) is 0 Å². The predicted molar refractivity (Wildman–Crippen MR) is 99.6 cm³/mol. The number of halogens is 3. The molecule has 0 saturated heterocycles. The molecule has 0 amide bonds. The topological polar surface area (TPSA) is 32.6 Å². The van der Waals surface area contributed by atoms with Crippen molar-refractivity contribution in [1.29, 1.82) is 0 Å². The van der Waals surface area contributed by atoms with Gasteiger partial charge in [-0.05, 0) is 40.2 Å². The molecule has 142 valence electrons. The summed E-state index contributed by atoms with van der Waals surface area (Å²) in [6, 6.07) is 8.39. The molecule has 0 bridgehead atoms. The second kappa shape index (κ2) is 6.38. The molecule has 1 aliphatic carbocycles. The third kappa shape index (κ3) is 3.78. The Morgan fingerprint density at radius 1 is 0.846 bits per heavy atom. The smallest absolute Gasteiger partial charge is 0.371 e. The number of benzene rings is 1. The van der Waals surface area contributed by atoms with Crippen LogP contribution in [0.2, 0.25) is 0 Å². The highest BCUT2D eigenvalue weighted by Crippen LogP contribution is 2.49. The number of aliphatic imine (C=N–C) groups is 1. The molecule has 0 heterocycles. The average Bonchev–Trinajstić information content (AvgIpc) is 2.46. The van der Waals surface area contributed by atoms with E-state index in [0.29, 0.717) is 11.3 Å². The minimum Gasteiger partial charge on any atom is -0.371 e. The summed E-state index contributed by atoms with van der Waals surface area (Å²) in [5.41, 5.74) is -3.84. The van der Waals surface area contributed by atoms with Crippen LogP contribution in [0.3, 0.4) is 0 Å². The summed E-state index contributed by atoms with van der Waals surface area (Å²) >= 11 is 0. The van der Waals surface area contributed by atoms with Crippen LogP contribution in [-0.4, -0.2) is 22.6 Å². The van der Waals surface area contributed by atoms with E-state index < -0.39 is 22.9 Å². The summed E-state index contributed by atoms with van der Waals surface area (Å²) in [6.45, 7) is 10.8. The molecule has 1 aromatic rings. The summed E-state index contributed by atoms with van der Waals surface area (Å²) in [5, 5.41) is 10.9. The van der Waals surface area contributed by atoms with Crippen LogP contribution in [0.1, 0.15) is 41.5 Å². The third-order valence-electron chi connectivity index (χ3n) is 4.44. The van der Waals surface area contributed by atoms with E-state index >= 15 is 0 Å². The van der Waals surface area contributed by atoms with E-state index in [9.17, 15) is 18.3 Å². The molecule has 0 spiro atoms. The molecule has 0 saturated carbocycles. The average molecular weight is 365 g/mol. The summed E-state index contributed by atoms with van der Waals surface area (Å²) in [5.74, 6) is 0. The number of rotatable bonds is 1. The molecule has 26 heavy (non-hydrogen) atoms. The van der Waals surface area contributed by atoms with Gasteiger partial charge in [-0.1, -0.05) is 65.8 Å². The fraction of sp³-hybridized carbons (Fsp3) is 0.476. The standard InChI is InChI=1S/C21H26F3NO/c1-18(2,3)14-12-16(19(4,5)6)20(26,21(22,23)24)17(13-14)25-15-10-8-7-9-11-15/h7-13,26H,1-6H3. The Hall–Kier alpha value is -1.88. The van der Waals surface area contributed by atoms with Gasteiger partial charge in [-0.25, -0.2) is 4.99 Å². The van der Waals surface area contributed by atoms with E-state index in [1.807, 2.05) is 20.8 Å². The Morgan fingerprint density at radius 2 is 1.38 bits per heavy atom. The molecule has 2 rings (SSSR count). The molecule has 5 heteroatoms. The second-order valence-corrected chi connectivity index (χ2v) is 8.70. The Balaban J connectivity index is 2.82. The largest absolute Gasteiger partial charge is 0.427 e. The van der Waals surface area contributed by atoms with Gasteiger partial charge < -0.3 is 5.11 Å². The van der Waals surface area contributed by atoms with Gasteiger partial charge in [0.05, 0.1) is 11.4 Å². The first kappa shape index (κ1) is 20.4. The van der Waals surface area contributed by atoms with Gasteiger partial charge in [0.25, 0.3) is 0 Å². The van der Waals surface area contributed by atoms with Crippen molar-refractivity contribution in [1.82, 2.24) is 0 Å². The molecule has 2 nitrogen and oxygen atoms in total. The molecule has 1 N–H and O–H groups in total. The van der Waals surface area contributed by atoms with Gasteiger partial charge in [0, 0.05) is 0 Å². The lowest BCUT2D eigenvalue weighted by atomic mass is 9.67. The van der Waals surface area contributed by atoms with E-state index in [1.54, 1.807) is 51.1 Å². The van der Waals surface area contributed by atoms with Gasteiger partial charge in [-0.3, -0.25) is 0 Å². The molecule has 0 radical (unpaired) electrons. The van der Waals surface area contributed by atoms with Crippen molar-refractivity contribution in [3.63, 3.8) is 0 Å². The summed E-state index contributed by atoms with van der Waals surface area (Å²) in [7, 11) is 0. The van der Waals surface area contributed by atoms with Gasteiger partial charge in [0.2, 0.25) is 5.60 Å². The van der Waals surface area contributed by atoms with Gasteiger partial charge in [-0.15, -0.1) is 0 Å². The fourth-order valence-electron chi connectivity index (χ4n) is 2.94. The molecule has 1 aromatic carbocycles. The zero-order chi connectivity index (χ0) is 20.0. The molecule has 1 aliphatic rings. The van der Waals surface area contributed by atoms with Gasteiger partial charge in [0.15, 0.2) is 0 Å². The number of hydrogen-bond acceptors (Lipinski definition) is 2. The lowest BCUT2D eigenvalue weighted by Crippen LogP contribution is -2.57. The van der Waals surface area contributed by atoms with Crippen LogP contribution in [0.15, 0.2) is 58.6 Å². The monoisotopic (exact) mass is 365 g/mol. The van der Waals surface area contributed by atoms with Gasteiger partial charge in [-0.2, -0.15) is 13.2 Å². The number of alkyl halides is 3. The van der Waals surface area contributed by atoms with Crippen molar-refractivity contribution in [2.45, 2.75) is 53.3 Å². The lowest BCUT2D eigenvalue weighted by Gasteiger charge is -2.43. The van der Waals surface area contributed by atoms with Crippen molar-refractivity contribution in [3.8, 4) is 0 Å². The quantitative estimate of drug-likeness (QED) is 0.649. The van der Waals surface area contributed by atoms with E-state index in [2.05, 4.69) is 4.99 Å². The van der Waals surface area contributed by atoms with E-state index in [1.165, 1.54) is 12.2 Å². The minimum absolute atomic E-state index is 0.0976. The normalized spacial score (nSPS) is 23.7. The molecular weight excluding hydrogens is 339 g/mol. The van der Waals surface area contributed by atoms with Crippen molar-refractivity contribution in [2.75, 3.05) is 0 Å². The molecule has 1 atom stereocenters. The van der Waals surface area contributed by atoms with Crippen LogP contribution in [0, 0.1) is 10.8 Å². The first-order valence-corrected chi connectivity index (χ1v) is 8.55. The van der Waals surface area contributed by atoms with Crippen LogP contribution in [-0.2, 0) is 0 Å². The Kier molecular flexibility index (Phi) is 5.01. The lowest BCUT2D eigenvalue weighted by molar-refractivity contribution is -0.219. The minimum atomic E-state index is -4.89. The first-order chi connectivity index (χ1) is 11.7. The first-order valence-electron chi connectivity index (χ1n) is 8.55. The highest BCUT2D eigenvalue weighted by Gasteiger charge is 2.62. The summed E-state index contributed by atoms with van der Waals surface area (Å²) < 4.78 is 42.2. The van der Waals surface area contributed by atoms with E-state index in [-0.39, 0.29) is 11.0 Å². The summed E-state index contributed by atoms with van der Waals surface area (Å²) in [4.78, 5) is 4.19. The number of nitrogens with zero attached hydrogens (tertiary/aromatic N) is 1. The maximum Gasteiger partial charge on any atom is 0.427 e. The van der Waals surface area contributed by atoms with E-state index in [4.69, 9.17) is 0 Å². The third-order valence-corrected chi connectivity index (χ3v) is 4.44. The molecular formula is C21H26F3NO. The van der Waals surface area contributed by atoms with Crippen molar-refractivity contribution >= 4 is 11.4 Å². The molecule has 1 unspecified atom stereocenters. The second-order valence-electron chi connectivity index (χ2n) is 8.70. The van der Waals surface area contributed by atoms with Crippen LogP contribution in [0.5, 0.6) is 0 Å². The zero-order valence-corrected chi connectivity index (χ0v) is 16.1. The van der Waals surface area contributed by atoms with Crippen molar-refractivity contribution < 1.29 is 18.3 Å². The Bertz CT molecular complexity index is 759. The predicted octanol–water partition coefficient (Wildman–Crippen LogP) is 6.01.